The highest BCUT2D eigenvalue weighted by molar-refractivity contribution is 8.00. The van der Waals surface area contributed by atoms with Crippen molar-refractivity contribution < 1.29 is 9.53 Å². The van der Waals surface area contributed by atoms with Gasteiger partial charge < -0.3 is 4.74 Å². The summed E-state index contributed by atoms with van der Waals surface area (Å²) in [7, 11) is 0. The molecule has 0 bridgehead atoms. The van der Waals surface area contributed by atoms with Crippen LogP contribution >= 0.6 is 34.7 Å². The molecule has 0 aliphatic heterocycles. The molecule has 2 aromatic carbocycles. The lowest BCUT2D eigenvalue weighted by Crippen LogP contribution is -2.11. The molecule has 1 N–H and O–H groups in total. The first-order chi connectivity index (χ1) is 13.6. The van der Waals surface area contributed by atoms with E-state index in [0.717, 1.165) is 39.3 Å². The standard InChI is InChI=1S/C20H20ClN3O2S2/c1-2-3-12-26-17-10-6-15(7-11-17)18(25)22-19-23-24-20(28-19)27-13-14-4-8-16(21)9-5-14/h4-11H,2-3,12-13H2,1H3,(H,22,23,25). The number of anilines is 1. The molecule has 0 atom stereocenters. The number of carbonyl (C=O) groups is 1. The second kappa shape index (κ2) is 10.5. The quantitative estimate of drug-likeness (QED) is 0.258. The molecule has 0 saturated heterocycles. The van der Waals surface area contributed by atoms with Gasteiger partial charge in [0.1, 0.15) is 5.75 Å². The van der Waals surface area contributed by atoms with Gasteiger partial charge in [-0.3, -0.25) is 10.1 Å². The second-order valence-electron chi connectivity index (χ2n) is 5.97. The molecule has 0 fully saturated rings. The van der Waals surface area contributed by atoms with Crippen LogP contribution in [-0.2, 0) is 5.75 Å². The fraction of sp³-hybridized carbons (Fsp3) is 0.250. The summed E-state index contributed by atoms with van der Waals surface area (Å²) in [6.07, 6.45) is 2.10. The average molecular weight is 434 g/mol. The van der Waals surface area contributed by atoms with Gasteiger partial charge in [0, 0.05) is 16.3 Å². The Labute approximate surface area is 177 Å². The number of nitrogens with zero attached hydrogens (tertiary/aromatic N) is 2. The number of hydrogen-bond donors (Lipinski definition) is 1. The molecule has 0 saturated carbocycles. The zero-order valence-corrected chi connectivity index (χ0v) is 17.7. The Morgan fingerprint density at radius 1 is 1.14 bits per heavy atom. The van der Waals surface area contributed by atoms with E-state index in [1.54, 1.807) is 36.0 Å². The lowest BCUT2D eigenvalue weighted by molar-refractivity contribution is 0.102. The number of thioether (sulfide) groups is 1. The number of rotatable bonds is 9. The highest BCUT2D eigenvalue weighted by atomic mass is 35.5. The molecule has 146 valence electrons. The van der Waals surface area contributed by atoms with Gasteiger partial charge in [-0.15, -0.1) is 10.2 Å². The summed E-state index contributed by atoms with van der Waals surface area (Å²) in [4.78, 5) is 12.4. The van der Waals surface area contributed by atoms with Crippen LogP contribution in [0, 0.1) is 0 Å². The van der Waals surface area contributed by atoms with Gasteiger partial charge in [-0.1, -0.05) is 60.2 Å². The van der Waals surface area contributed by atoms with Gasteiger partial charge in [0.25, 0.3) is 5.91 Å². The first kappa shape index (κ1) is 20.6. The molecule has 1 amide bonds. The van der Waals surface area contributed by atoms with Crippen molar-refractivity contribution in [3.05, 3.63) is 64.7 Å². The van der Waals surface area contributed by atoms with E-state index in [4.69, 9.17) is 16.3 Å². The molecule has 0 aliphatic rings. The second-order valence-corrected chi connectivity index (χ2v) is 8.61. The predicted molar refractivity (Wildman–Crippen MR) is 116 cm³/mol. The SMILES string of the molecule is CCCCOc1ccc(C(=O)Nc2nnc(SCc3ccc(Cl)cc3)s2)cc1. The van der Waals surface area contributed by atoms with Crippen LogP contribution < -0.4 is 10.1 Å². The monoisotopic (exact) mass is 433 g/mol. The normalized spacial score (nSPS) is 10.6. The topological polar surface area (TPSA) is 64.1 Å². The number of ether oxygens (including phenoxy) is 1. The summed E-state index contributed by atoms with van der Waals surface area (Å²) in [5.74, 6) is 1.31. The van der Waals surface area contributed by atoms with Gasteiger partial charge in [-0.25, -0.2) is 0 Å². The maximum atomic E-state index is 12.4. The van der Waals surface area contributed by atoms with Crippen LogP contribution in [0.15, 0.2) is 52.9 Å². The van der Waals surface area contributed by atoms with E-state index in [9.17, 15) is 4.79 Å². The molecule has 5 nitrogen and oxygen atoms in total. The van der Waals surface area contributed by atoms with Gasteiger partial charge in [0.15, 0.2) is 4.34 Å². The van der Waals surface area contributed by atoms with Crippen molar-refractivity contribution in [1.82, 2.24) is 10.2 Å². The molecule has 28 heavy (non-hydrogen) atoms. The molecule has 1 aromatic heterocycles. The van der Waals surface area contributed by atoms with Crippen LogP contribution in [0.4, 0.5) is 5.13 Å². The predicted octanol–water partition coefficient (Wildman–Crippen LogP) is 5.92. The summed E-state index contributed by atoms with van der Waals surface area (Å²) in [5, 5.41) is 12.2. The van der Waals surface area contributed by atoms with Gasteiger partial charge in [0.2, 0.25) is 5.13 Å². The van der Waals surface area contributed by atoms with Crippen LogP contribution in [0.1, 0.15) is 35.7 Å². The number of amides is 1. The zero-order valence-electron chi connectivity index (χ0n) is 15.4. The molecule has 3 rings (SSSR count). The van der Waals surface area contributed by atoms with Crippen LogP contribution in [0.5, 0.6) is 5.75 Å². The van der Waals surface area contributed by atoms with Crippen molar-refractivity contribution in [3.8, 4) is 5.75 Å². The molecular weight excluding hydrogens is 414 g/mol. The third-order valence-electron chi connectivity index (χ3n) is 3.79. The molecule has 1 heterocycles. The van der Waals surface area contributed by atoms with Crippen molar-refractivity contribution in [2.24, 2.45) is 0 Å². The van der Waals surface area contributed by atoms with Crippen LogP contribution in [0.2, 0.25) is 5.02 Å². The summed E-state index contributed by atoms with van der Waals surface area (Å²) in [5.41, 5.74) is 1.70. The van der Waals surface area contributed by atoms with Gasteiger partial charge in [0.05, 0.1) is 6.61 Å². The molecule has 3 aromatic rings. The third-order valence-corrected chi connectivity index (χ3v) is 6.08. The fourth-order valence-electron chi connectivity index (χ4n) is 2.25. The average Bonchev–Trinajstić information content (AvgIpc) is 3.15. The summed E-state index contributed by atoms with van der Waals surface area (Å²) in [6.45, 7) is 2.80. The molecule has 0 aliphatic carbocycles. The highest BCUT2D eigenvalue weighted by Crippen LogP contribution is 2.29. The van der Waals surface area contributed by atoms with E-state index in [-0.39, 0.29) is 5.91 Å². The van der Waals surface area contributed by atoms with Gasteiger partial charge in [-0.2, -0.15) is 0 Å². The number of carbonyl (C=O) groups excluding carboxylic acids is 1. The number of halogens is 1. The highest BCUT2D eigenvalue weighted by Gasteiger charge is 2.11. The Morgan fingerprint density at radius 3 is 2.61 bits per heavy atom. The third kappa shape index (κ3) is 6.22. The number of benzene rings is 2. The Morgan fingerprint density at radius 2 is 1.89 bits per heavy atom. The number of aromatic nitrogens is 2. The smallest absolute Gasteiger partial charge is 0.257 e. The molecule has 0 radical (unpaired) electrons. The van der Waals surface area contributed by atoms with E-state index in [1.807, 2.05) is 24.3 Å². The number of hydrogen-bond acceptors (Lipinski definition) is 6. The zero-order chi connectivity index (χ0) is 19.8. The van der Waals surface area contributed by atoms with Crippen LogP contribution in [0.25, 0.3) is 0 Å². The van der Waals surface area contributed by atoms with Crippen LogP contribution in [0.3, 0.4) is 0 Å². The Kier molecular flexibility index (Phi) is 7.71. The molecule has 0 unspecified atom stereocenters. The van der Waals surface area contributed by atoms with E-state index >= 15 is 0 Å². The number of unbranched alkanes of at least 4 members (excludes halogenated alkanes) is 1. The van der Waals surface area contributed by atoms with Crippen molar-refractivity contribution >= 4 is 45.7 Å². The van der Waals surface area contributed by atoms with E-state index in [0.29, 0.717) is 17.3 Å². The van der Waals surface area contributed by atoms with E-state index in [1.165, 1.54) is 11.3 Å². The largest absolute Gasteiger partial charge is 0.494 e. The fourth-order valence-corrected chi connectivity index (χ4v) is 4.08. The minimum absolute atomic E-state index is 0.217. The summed E-state index contributed by atoms with van der Waals surface area (Å²) >= 11 is 8.82. The van der Waals surface area contributed by atoms with Crippen LogP contribution in [-0.4, -0.2) is 22.7 Å². The Bertz CT molecular complexity index is 899. The molecule has 8 heteroatoms. The van der Waals surface area contributed by atoms with Gasteiger partial charge >= 0.3 is 0 Å². The van der Waals surface area contributed by atoms with Crippen molar-refractivity contribution in [2.75, 3.05) is 11.9 Å². The van der Waals surface area contributed by atoms with Crippen molar-refractivity contribution in [1.29, 1.82) is 0 Å². The lowest BCUT2D eigenvalue weighted by Gasteiger charge is -2.06. The maximum Gasteiger partial charge on any atom is 0.257 e. The van der Waals surface area contributed by atoms with E-state index in [2.05, 4.69) is 22.4 Å². The van der Waals surface area contributed by atoms with E-state index < -0.39 is 0 Å². The van der Waals surface area contributed by atoms with Gasteiger partial charge in [-0.05, 0) is 48.4 Å². The Hall–Kier alpha value is -2.09. The first-order valence-electron chi connectivity index (χ1n) is 8.89. The maximum absolute atomic E-state index is 12.4. The molecular formula is C20H20ClN3O2S2. The summed E-state index contributed by atoms with van der Waals surface area (Å²) in [6, 6.07) is 14.8. The van der Waals surface area contributed by atoms with Crippen molar-refractivity contribution in [2.45, 2.75) is 29.9 Å². The number of nitrogens with one attached hydrogen (secondary N) is 1. The first-order valence-corrected chi connectivity index (χ1v) is 11.1. The lowest BCUT2D eigenvalue weighted by atomic mass is 10.2. The van der Waals surface area contributed by atoms with Crippen molar-refractivity contribution in [3.63, 3.8) is 0 Å². The minimum atomic E-state index is -0.217. The minimum Gasteiger partial charge on any atom is -0.494 e. The molecule has 0 spiro atoms. The summed E-state index contributed by atoms with van der Waals surface area (Å²) < 4.78 is 6.41. The Balaban J connectivity index is 1.51.